The van der Waals surface area contributed by atoms with Gasteiger partial charge in [0, 0.05) is 48.9 Å². The zero-order valence-corrected chi connectivity index (χ0v) is 24.1. The number of hydrogen-bond acceptors (Lipinski definition) is 10. The highest BCUT2D eigenvalue weighted by molar-refractivity contribution is 6.38. The van der Waals surface area contributed by atoms with Gasteiger partial charge in [-0.1, -0.05) is 24.0 Å². The minimum Gasteiger partial charge on any atom is -0.495 e. The van der Waals surface area contributed by atoms with E-state index in [4.69, 9.17) is 25.8 Å². The molecule has 1 unspecified atom stereocenters. The molecule has 0 bridgehead atoms. The number of amides is 3. The highest BCUT2D eigenvalue weighted by atomic mass is 16.5. The molecule has 0 radical (unpaired) electrons. The highest BCUT2D eigenvalue weighted by Crippen LogP contribution is 2.29. The summed E-state index contributed by atoms with van der Waals surface area (Å²) in [7, 11) is 1.54. The molecule has 1 saturated heterocycles. The summed E-state index contributed by atoms with van der Waals surface area (Å²) in [4.78, 5) is 42.5. The Bertz CT molecular complexity index is 1460. The van der Waals surface area contributed by atoms with E-state index < -0.39 is 11.9 Å². The van der Waals surface area contributed by atoms with Gasteiger partial charge in [0.05, 0.1) is 39.2 Å². The minimum atomic E-state index is -0.642. The van der Waals surface area contributed by atoms with E-state index in [-0.39, 0.29) is 18.2 Å². The van der Waals surface area contributed by atoms with E-state index in [2.05, 4.69) is 27.3 Å². The van der Waals surface area contributed by atoms with Crippen molar-refractivity contribution >= 4 is 35.3 Å². The fraction of sp³-hybridized carbons (Fsp3) is 0.387. The summed E-state index contributed by atoms with van der Waals surface area (Å²) in [6.07, 6.45) is 3.53. The molecule has 1 atom stereocenters. The molecule has 0 aromatic heterocycles. The van der Waals surface area contributed by atoms with Crippen LogP contribution in [0.15, 0.2) is 46.5 Å². The van der Waals surface area contributed by atoms with Crippen LogP contribution in [0.3, 0.4) is 0 Å². The van der Waals surface area contributed by atoms with Crippen LogP contribution in [0.1, 0.15) is 52.7 Å². The fourth-order valence-corrected chi connectivity index (χ4v) is 4.77. The normalized spacial score (nSPS) is 16.7. The van der Waals surface area contributed by atoms with Gasteiger partial charge >= 0.3 is 0 Å². The second-order valence-electron chi connectivity index (χ2n) is 9.87. The van der Waals surface area contributed by atoms with Gasteiger partial charge in [0.25, 0.3) is 5.91 Å². The van der Waals surface area contributed by atoms with Gasteiger partial charge in [0.15, 0.2) is 0 Å². The number of anilines is 1. The van der Waals surface area contributed by atoms with Gasteiger partial charge in [-0.2, -0.15) is 5.10 Å². The molecule has 2 aliphatic heterocycles. The molecule has 12 nitrogen and oxygen atoms in total. The lowest BCUT2D eigenvalue weighted by Gasteiger charge is -2.29. The number of carbonyl (C=O) groups excluding carboxylic acids is 3. The number of methoxy groups -OCH3 is 1. The number of imide groups is 1. The third-order valence-corrected chi connectivity index (χ3v) is 7.01. The third-order valence-electron chi connectivity index (χ3n) is 7.01. The van der Waals surface area contributed by atoms with Crippen LogP contribution >= 0.6 is 0 Å². The van der Waals surface area contributed by atoms with E-state index in [1.165, 1.54) is 4.90 Å². The topological polar surface area (TPSA) is 171 Å². The monoisotopic (exact) mass is 588 g/mol. The van der Waals surface area contributed by atoms with Crippen molar-refractivity contribution < 1.29 is 28.6 Å². The van der Waals surface area contributed by atoms with E-state index in [1.54, 1.807) is 43.7 Å². The Morgan fingerprint density at radius 1 is 1.14 bits per heavy atom. The van der Waals surface area contributed by atoms with Crippen LogP contribution < -0.4 is 21.6 Å². The number of hydrogen-bond donors (Lipinski definition) is 3. The van der Waals surface area contributed by atoms with Crippen molar-refractivity contribution in [3.8, 4) is 17.6 Å². The Labute approximate surface area is 250 Å². The minimum absolute atomic E-state index is 0.205. The van der Waals surface area contributed by atoms with Crippen LogP contribution in [0, 0.1) is 11.8 Å². The third kappa shape index (κ3) is 8.18. The van der Waals surface area contributed by atoms with Gasteiger partial charge in [0.1, 0.15) is 17.5 Å². The molecule has 2 aromatic rings. The van der Waals surface area contributed by atoms with Crippen LogP contribution in [0.25, 0.3) is 0 Å². The predicted octanol–water partition coefficient (Wildman–Crippen LogP) is 1.64. The van der Waals surface area contributed by atoms with Gasteiger partial charge in [-0.15, -0.1) is 0 Å². The first kappa shape index (κ1) is 31.2. The number of unbranched alkanes of at least 4 members (excludes halogenated alkanes) is 1. The number of ether oxygens (including phenoxy) is 3. The maximum absolute atomic E-state index is 12.9. The Hall–Kier alpha value is -4.73. The van der Waals surface area contributed by atoms with Gasteiger partial charge in [-0.25, -0.2) is 0 Å². The number of piperidine rings is 1. The number of nitrogen functional groups attached to an aromatic ring is 1. The summed E-state index contributed by atoms with van der Waals surface area (Å²) >= 11 is 0. The summed E-state index contributed by atoms with van der Waals surface area (Å²) in [5.74, 6) is 11.4. The number of benzene rings is 2. The average Bonchev–Trinajstić information content (AvgIpc) is 3.34. The standard InChI is InChI=1S/C31H36N6O6/c1-41-28-18-22(9-10-25(28)32)26(36-33)19-34-13-15-43-17-16-42-14-4-2-3-6-21-7-5-8-23-24(21)20-37(31(23)40)27-11-12-29(38)35-30(27)39/h5,7-10,18-19,27H,2,4,11-17,20,32-33H2,1H3,(H,35,38,39)/b34-19?,36-26+. The summed E-state index contributed by atoms with van der Waals surface area (Å²) in [6, 6.07) is 10.1. The molecule has 2 aliphatic rings. The van der Waals surface area contributed by atoms with Crippen molar-refractivity contribution in [3.05, 3.63) is 58.7 Å². The van der Waals surface area contributed by atoms with Gasteiger partial charge in [0.2, 0.25) is 11.8 Å². The van der Waals surface area contributed by atoms with E-state index in [9.17, 15) is 14.4 Å². The summed E-state index contributed by atoms with van der Waals surface area (Å²) in [5.41, 5.74) is 9.77. The molecule has 12 heteroatoms. The number of hydrazone groups is 1. The molecule has 1 fully saturated rings. The maximum atomic E-state index is 12.9. The summed E-state index contributed by atoms with van der Waals surface area (Å²) in [6.45, 7) is 2.63. The molecular weight excluding hydrogens is 552 g/mol. The van der Waals surface area contributed by atoms with Crippen LogP contribution in [-0.2, 0) is 25.6 Å². The van der Waals surface area contributed by atoms with Crippen molar-refractivity contribution in [2.75, 3.05) is 45.8 Å². The van der Waals surface area contributed by atoms with Gasteiger partial charge in [-0.3, -0.25) is 24.7 Å². The number of nitrogens with one attached hydrogen (secondary N) is 1. The van der Waals surface area contributed by atoms with E-state index in [1.807, 2.05) is 6.07 Å². The van der Waals surface area contributed by atoms with Crippen LogP contribution in [-0.4, -0.2) is 80.7 Å². The van der Waals surface area contributed by atoms with Crippen LogP contribution in [0.5, 0.6) is 5.75 Å². The van der Waals surface area contributed by atoms with E-state index in [0.29, 0.717) is 75.1 Å². The smallest absolute Gasteiger partial charge is 0.255 e. The molecule has 43 heavy (non-hydrogen) atoms. The molecule has 0 aliphatic carbocycles. The first-order chi connectivity index (χ1) is 20.9. The fourth-order valence-electron chi connectivity index (χ4n) is 4.77. The van der Waals surface area contributed by atoms with Crippen molar-refractivity contribution in [2.24, 2.45) is 15.9 Å². The Balaban J connectivity index is 1.11. The number of nitrogens with two attached hydrogens (primary N) is 2. The van der Waals surface area contributed by atoms with Crippen LogP contribution in [0.4, 0.5) is 5.69 Å². The first-order valence-corrected chi connectivity index (χ1v) is 14.1. The Morgan fingerprint density at radius 3 is 2.72 bits per heavy atom. The Kier molecular flexibility index (Phi) is 11.2. The van der Waals surface area contributed by atoms with Crippen molar-refractivity contribution in [2.45, 2.75) is 38.3 Å². The number of rotatable bonds is 13. The zero-order chi connectivity index (χ0) is 30.6. The van der Waals surface area contributed by atoms with E-state index >= 15 is 0 Å². The SMILES string of the molecule is COc1cc(/C(C=NCCOCCOCCCC#Cc2cccc3c2CN(C2CCC(=O)NC2=O)C3=O)=N/N)ccc1N. The second kappa shape index (κ2) is 15.5. The molecule has 0 spiro atoms. The Morgan fingerprint density at radius 2 is 1.95 bits per heavy atom. The van der Waals surface area contributed by atoms with Crippen molar-refractivity contribution in [1.29, 1.82) is 0 Å². The summed E-state index contributed by atoms with van der Waals surface area (Å²) < 4.78 is 16.4. The van der Waals surface area contributed by atoms with E-state index in [0.717, 1.165) is 23.1 Å². The van der Waals surface area contributed by atoms with Crippen molar-refractivity contribution in [1.82, 2.24) is 10.2 Å². The van der Waals surface area contributed by atoms with Crippen LogP contribution in [0.2, 0.25) is 0 Å². The number of aliphatic imine (C=N–C) groups is 1. The van der Waals surface area contributed by atoms with Gasteiger partial charge in [-0.05, 0) is 42.7 Å². The highest BCUT2D eigenvalue weighted by Gasteiger charge is 2.39. The summed E-state index contributed by atoms with van der Waals surface area (Å²) in [5, 5.41) is 6.10. The quantitative estimate of drug-likeness (QED) is 0.0603. The number of carbonyl (C=O) groups is 3. The largest absolute Gasteiger partial charge is 0.495 e. The molecule has 4 rings (SSSR count). The molecule has 0 saturated carbocycles. The van der Waals surface area contributed by atoms with Gasteiger partial charge < -0.3 is 30.7 Å². The molecule has 5 N–H and O–H groups in total. The second-order valence-corrected chi connectivity index (χ2v) is 9.87. The number of fused-ring (bicyclic) bond motifs is 1. The lowest BCUT2D eigenvalue weighted by Crippen LogP contribution is -2.52. The molecule has 2 aromatic carbocycles. The predicted molar refractivity (Wildman–Crippen MR) is 162 cm³/mol. The molecular formula is C31H36N6O6. The number of nitrogens with zero attached hydrogens (tertiary/aromatic N) is 3. The zero-order valence-electron chi connectivity index (χ0n) is 24.1. The molecule has 3 amide bonds. The lowest BCUT2D eigenvalue weighted by molar-refractivity contribution is -0.136. The first-order valence-electron chi connectivity index (χ1n) is 14.1. The maximum Gasteiger partial charge on any atom is 0.255 e. The molecule has 2 heterocycles. The lowest BCUT2D eigenvalue weighted by atomic mass is 10.0. The molecule has 226 valence electrons. The average molecular weight is 589 g/mol. The van der Waals surface area contributed by atoms with Crippen molar-refractivity contribution in [3.63, 3.8) is 0 Å².